The van der Waals surface area contributed by atoms with Gasteiger partial charge < -0.3 is 14.7 Å². The molecule has 0 radical (unpaired) electrons. The fourth-order valence-corrected chi connectivity index (χ4v) is 7.09. The lowest BCUT2D eigenvalue weighted by molar-refractivity contribution is -0.148. The average molecular weight is 645 g/mol. The number of piperidine rings is 1. The van der Waals surface area contributed by atoms with Gasteiger partial charge in [-0.05, 0) is 58.1 Å². The molecule has 1 aromatic rings. The average Bonchev–Trinajstić information content (AvgIpc) is 3.26. The van der Waals surface area contributed by atoms with Crippen LogP contribution in [0.1, 0.15) is 101 Å². The molecular weight excluding hydrogens is 601 g/mol. The van der Waals surface area contributed by atoms with Crippen molar-refractivity contribution in [1.82, 2.24) is 9.47 Å². The van der Waals surface area contributed by atoms with Gasteiger partial charge in [0.05, 0.1) is 17.4 Å². The zero-order valence-corrected chi connectivity index (χ0v) is 27.7. The molecule has 0 spiro atoms. The Morgan fingerprint density at radius 3 is 2.25 bits per heavy atom. The minimum atomic E-state index is -0.740. The highest BCUT2D eigenvalue weighted by Crippen LogP contribution is 2.37. The Morgan fingerprint density at radius 1 is 1.07 bits per heavy atom. The zero-order chi connectivity index (χ0) is 32.2. The molecule has 2 aliphatic rings. The minimum absolute atomic E-state index is 0.0561. The van der Waals surface area contributed by atoms with E-state index in [0.29, 0.717) is 71.8 Å². The number of unbranched alkanes of at least 4 members (excludes halogenated alkanes) is 7. The maximum absolute atomic E-state index is 13.5. The van der Waals surface area contributed by atoms with Crippen molar-refractivity contribution in [3.63, 3.8) is 0 Å². The van der Waals surface area contributed by atoms with Crippen LogP contribution in [0.4, 0.5) is 5.82 Å². The Balaban J connectivity index is 1.72. The number of nitriles is 1. The van der Waals surface area contributed by atoms with E-state index in [1.165, 1.54) is 11.8 Å². The van der Waals surface area contributed by atoms with E-state index in [1.54, 1.807) is 29.4 Å². The van der Waals surface area contributed by atoms with Crippen LogP contribution >= 0.6 is 24.0 Å². The summed E-state index contributed by atoms with van der Waals surface area (Å²) in [6.07, 6.45) is 10.9. The van der Waals surface area contributed by atoms with Crippen molar-refractivity contribution in [1.29, 1.82) is 5.26 Å². The van der Waals surface area contributed by atoms with Gasteiger partial charge in [0.2, 0.25) is 0 Å². The maximum atomic E-state index is 13.5. The van der Waals surface area contributed by atoms with Gasteiger partial charge in [-0.15, -0.1) is 0 Å². The first-order valence-electron chi connectivity index (χ1n) is 15.7. The van der Waals surface area contributed by atoms with E-state index in [9.17, 15) is 24.4 Å². The number of ether oxygens (including phenoxy) is 1. The number of aliphatic carboxylic acids is 1. The van der Waals surface area contributed by atoms with Gasteiger partial charge in [-0.2, -0.15) is 5.26 Å². The highest BCUT2D eigenvalue weighted by Gasteiger charge is 2.34. The number of esters is 1. The number of amides is 1. The van der Waals surface area contributed by atoms with Crippen molar-refractivity contribution in [3.8, 4) is 6.07 Å². The van der Waals surface area contributed by atoms with Gasteiger partial charge >= 0.3 is 11.9 Å². The molecule has 10 nitrogen and oxygen atoms in total. The second-order valence-electron chi connectivity index (χ2n) is 11.2. The van der Waals surface area contributed by atoms with Gasteiger partial charge in [-0.1, -0.05) is 62.5 Å². The molecule has 0 bridgehead atoms. The third kappa shape index (κ3) is 8.94. The first-order chi connectivity index (χ1) is 21.1. The molecule has 2 saturated heterocycles. The van der Waals surface area contributed by atoms with Crippen LogP contribution in [0.3, 0.4) is 0 Å². The van der Waals surface area contributed by atoms with Crippen molar-refractivity contribution in [2.45, 2.75) is 97.9 Å². The van der Waals surface area contributed by atoms with Crippen LogP contribution in [0.25, 0.3) is 6.08 Å². The molecule has 1 N–H and O–H groups in total. The third-order valence-corrected chi connectivity index (χ3v) is 9.63. The normalized spacial score (nSPS) is 16.5. The molecule has 0 aliphatic carbocycles. The Morgan fingerprint density at radius 2 is 1.68 bits per heavy atom. The summed E-state index contributed by atoms with van der Waals surface area (Å²) >= 11 is 6.82. The van der Waals surface area contributed by atoms with Crippen LogP contribution in [0.2, 0.25) is 0 Å². The standard InChI is InChI=1S/C32H44N4O6S2/c1-4-35-28(34-18-15-23(16-19-34)31(41)42-5-2)24(22(3)25(21-33)29(35)39)20-26-30(40)36(32(43)44-26)17-13-11-9-7-6-8-10-12-14-27(37)38/h20,23H,4-19H2,1-3H3,(H,37,38)/b26-20+. The summed E-state index contributed by atoms with van der Waals surface area (Å²) in [6.45, 7) is 7.69. The van der Waals surface area contributed by atoms with E-state index in [2.05, 4.69) is 11.0 Å². The fourth-order valence-electron chi connectivity index (χ4n) is 5.80. The van der Waals surface area contributed by atoms with Gasteiger partial charge in [0.25, 0.3) is 11.5 Å². The Labute approximate surface area is 269 Å². The largest absolute Gasteiger partial charge is 0.481 e. The number of thioether (sulfide) groups is 1. The Kier molecular flexibility index (Phi) is 13.9. The summed E-state index contributed by atoms with van der Waals surface area (Å²) in [4.78, 5) is 53.9. The zero-order valence-electron chi connectivity index (χ0n) is 26.1. The fraction of sp³-hybridized carbons (Fsp3) is 0.625. The quantitative estimate of drug-likeness (QED) is 0.105. The smallest absolute Gasteiger partial charge is 0.309 e. The molecule has 1 amide bonds. The second-order valence-corrected chi connectivity index (χ2v) is 12.9. The number of carboxylic acids is 1. The monoisotopic (exact) mass is 644 g/mol. The molecule has 1 aromatic heterocycles. The third-order valence-electron chi connectivity index (χ3n) is 8.25. The number of thiocarbonyl (C=S) groups is 1. The molecule has 0 atom stereocenters. The molecular formula is C32H44N4O6S2. The molecule has 2 aliphatic heterocycles. The lowest BCUT2D eigenvalue weighted by Gasteiger charge is -2.35. The van der Waals surface area contributed by atoms with Crippen LogP contribution in [-0.2, 0) is 25.7 Å². The van der Waals surface area contributed by atoms with Crippen LogP contribution in [0.15, 0.2) is 9.70 Å². The Bertz CT molecular complexity index is 1360. The predicted octanol–water partition coefficient (Wildman–Crippen LogP) is 5.62. The molecule has 240 valence electrons. The molecule has 3 rings (SSSR count). The molecule has 0 saturated carbocycles. The summed E-state index contributed by atoms with van der Waals surface area (Å²) in [6, 6.07) is 2.07. The first kappa shape index (κ1) is 35.3. The first-order valence-corrected chi connectivity index (χ1v) is 16.9. The Hall–Kier alpha value is -3.17. The number of anilines is 1. The number of carbonyl (C=O) groups excluding carboxylic acids is 2. The van der Waals surface area contributed by atoms with E-state index in [-0.39, 0.29) is 35.3 Å². The molecule has 44 heavy (non-hydrogen) atoms. The topological polar surface area (TPSA) is 133 Å². The lowest BCUT2D eigenvalue weighted by atomic mass is 9.95. The van der Waals surface area contributed by atoms with Crippen LogP contribution in [0, 0.1) is 24.2 Å². The van der Waals surface area contributed by atoms with Crippen molar-refractivity contribution >= 4 is 58.0 Å². The number of nitrogens with zero attached hydrogens (tertiary/aromatic N) is 4. The van der Waals surface area contributed by atoms with Crippen molar-refractivity contribution in [3.05, 3.63) is 31.9 Å². The number of hydrogen-bond donors (Lipinski definition) is 1. The van der Waals surface area contributed by atoms with E-state index in [4.69, 9.17) is 22.1 Å². The van der Waals surface area contributed by atoms with Gasteiger partial charge in [0.15, 0.2) is 0 Å². The molecule has 0 unspecified atom stereocenters. The summed E-state index contributed by atoms with van der Waals surface area (Å²) in [5.74, 6) is -0.651. The van der Waals surface area contributed by atoms with E-state index in [1.807, 2.05) is 6.92 Å². The molecule has 12 heteroatoms. The maximum Gasteiger partial charge on any atom is 0.309 e. The molecule has 0 aromatic carbocycles. The number of carboxylic acid groups (broad SMARTS) is 1. The van der Waals surface area contributed by atoms with Crippen LogP contribution in [-0.4, -0.2) is 63.0 Å². The van der Waals surface area contributed by atoms with Crippen LogP contribution in [0.5, 0.6) is 0 Å². The number of aromatic nitrogens is 1. The van der Waals surface area contributed by atoms with Gasteiger partial charge in [-0.3, -0.25) is 28.6 Å². The van der Waals surface area contributed by atoms with Crippen molar-refractivity contribution in [2.24, 2.45) is 5.92 Å². The van der Waals surface area contributed by atoms with E-state index in [0.717, 1.165) is 51.4 Å². The van der Waals surface area contributed by atoms with Crippen molar-refractivity contribution in [2.75, 3.05) is 31.1 Å². The predicted molar refractivity (Wildman–Crippen MR) is 176 cm³/mol. The lowest BCUT2D eigenvalue weighted by Crippen LogP contribution is -2.41. The summed E-state index contributed by atoms with van der Waals surface area (Å²) in [7, 11) is 0. The highest BCUT2D eigenvalue weighted by molar-refractivity contribution is 8.26. The summed E-state index contributed by atoms with van der Waals surface area (Å²) in [5, 5.41) is 18.6. The van der Waals surface area contributed by atoms with Crippen LogP contribution < -0.4 is 10.5 Å². The van der Waals surface area contributed by atoms with Gasteiger partial charge in [-0.25, -0.2) is 0 Å². The summed E-state index contributed by atoms with van der Waals surface area (Å²) in [5.41, 5.74) is 0.875. The molecule has 2 fully saturated rings. The SMILES string of the molecule is CCOC(=O)C1CCN(c2c(/C=C3/SC(=S)N(CCCCCCCCCCC(=O)O)C3=O)c(C)c(C#N)c(=O)n2CC)CC1. The number of pyridine rings is 1. The highest BCUT2D eigenvalue weighted by atomic mass is 32.2. The van der Waals surface area contributed by atoms with Gasteiger partial charge in [0.1, 0.15) is 21.8 Å². The minimum Gasteiger partial charge on any atom is -0.481 e. The second kappa shape index (κ2) is 17.4. The number of rotatable bonds is 16. The van der Waals surface area contributed by atoms with Crippen molar-refractivity contribution < 1.29 is 24.2 Å². The molecule has 3 heterocycles. The number of hydrogen-bond acceptors (Lipinski definition) is 9. The van der Waals surface area contributed by atoms with E-state index < -0.39 is 5.97 Å². The van der Waals surface area contributed by atoms with E-state index >= 15 is 0 Å². The number of carbonyl (C=O) groups is 3. The summed E-state index contributed by atoms with van der Waals surface area (Å²) < 4.78 is 7.31. The van der Waals surface area contributed by atoms with Gasteiger partial charge in [0, 0.05) is 38.2 Å².